The van der Waals surface area contributed by atoms with Crippen LogP contribution in [-0.2, 0) is 11.3 Å². The Morgan fingerprint density at radius 3 is 2.90 bits per heavy atom. The Hall–Kier alpha value is -0.770. The number of hydrogen-bond acceptors (Lipinski definition) is 3. The maximum atomic E-state index is 6.17. The Morgan fingerprint density at radius 1 is 1.40 bits per heavy atom. The molecular weight excluding hydrogens is 272 g/mol. The third-order valence-electron chi connectivity index (χ3n) is 3.72. The second kappa shape index (κ2) is 6.79. The van der Waals surface area contributed by atoms with Crippen molar-refractivity contribution in [3.8, 4) is 0 Å². The van der Waals surface area contributed by atoms with E-state index in [9.17, 15) is 0 Å². The molecule has 2 rings (SSSR count). The number of anilines is 1. The van der Waals surface area contributed by atoms with Crippen LogP contribution in [0.3, 0.4) is 0 Å². The fraction of sp³-hybridized carbons (Fsp3) is 0.625. The molecule has 0 aliphatic carbocycles. The minimum atomic E-state index is 0.0194. The molecule has 0 unspecified atom stereocenters. The molecule has 112 valence electrons. The van der Waals surface area contributed by atoms with E-state index in [1.807, 2.05) is 6.07 Å². The van der Waals surface area contributed by atoms with E-state index in [0.29, 0.717) is 0 Å². The quantitative estimate of drug-likeness (QED) is 0.842. The number of morpholine rings is 1. The van der Waals surface area contributed by atoms with Crippen LogP contribution < -0.4 is 10.2 Å². The molecule has 0 saturated carbocycles. The fourth-order valence-electron chi connectivity index (χ4n) is 2.66. The van der Waals surface area contributed by atoms with Gasteiger partial charge in [0.25, 0.3) is 0 Å². The molecule has 0 aromatic heterocycles. The number of ether oxygens (including phenoxy) is 1. The van der Waals surface area contributed by atoms with E-state index < -0.39 is 0 Å². The van der Waals surface area contributed by atoms with E-state index in [4.69, 9.17) is 16.3 Å². The average Bonchev–Trinajstić information content (AvgIpc) is 2.40. The lowest BCUT2D eigenvalue weighted by molar-refractivity contribution is 0.0643. The second-order valence-corrected chi connectivity index (χ2v) is 6.40. The molecule has 1 aromatic rings. The molecule has 1 aliphatic rings. The summed E-state index contributed by atoms with van der Waals surface area (Å²) in [7, 11) is 0. The van der Waals surface area contributed by atoms with Gasteiger partial charge in [-0.1, -0.05) is 18.5 Å². The molecule has 3 nitrogen and oxygen atoms in total. The van der Waals surface area contributed by atoms with Crippen molar-refractivity contribution >= 4 is 17.3 Å². The predicted molar refractivity (Wildman–Crippen MR) is 85.7 cm³/mol. The molecule has 1 fully saturated rings. The van der Waals surface area contributed by atoms with Gasteiger partial charge in [0.1, 0.15) is 0 Å². The molecule has 0 bridgehead atoms. The SMILES string of the molecule is CCCNCc1cc(Cl)ccc1N1CCOCC1(C)C. The van der Waals surface area contributed by atoms with E-state index in [-0.39, 0.29) is 5.54 Å². The number of nitrogens with zero attached hydrogens (tertiary/aromatic N) is 1. The Labute approximate surface area is 127 Å². The number of nitrogens with one attached hydrogen (secondary N) is 1. The zero-order chi connectivity index (χ0) is 14.6. The Bertz CT molecular complexity index is 448. The molecular formula is C16H25ClN2O. The first-order valence-corrected chi connectivity index (χ1v) is 7.77. The summed E-state index contributed by atoms with van der Waals surface area (Å²) in [5.74, 6) is 0. The Morgan fingerprint density at radius 2 is 2.20 bits per heavy atom. The molecule has 0 radical (unpaired) electrons. The smallest absolute Gasteiger partial charge is 0.0694 e. The van der Waals surface area contributed by atoms with Crippen molar-refractivity contribution in [2.24, 2.45) is 0 Å². The van der Waals surface area contributed by atoms with Crippen LogP contribution in [0.15, 0.2) is 18.2 Å². The van der Waals surface area contributed by atoms with Crippen LogP contribution in [0.5, 0.6) is 0 Å². The normalized spacial score (nSPS) is 18.3. The molecule has 20 heavy (non-hydrogen) atoms. The Balaban J connectivity index is 2.25. The molecule has 1 saturated heterocycles. The van der Waals surface area contributed by atoms with Crippen molar-refractivity contribution in [3.05, 3.63) is 28.8 Å². The van der Waals surface area contributed by atoms with Crippen LogP contribution in [0.2, 0.25) is 5.02 Å². The van der Waals surface area contributed by atoms with Crippen molar-refractivity contribution in [1.29, 1.82) is 0 Å². The Kier molecular flexibility index (Phi) is 5.30. The van der Waals surface area contributed by atoms with Gasteiger partial charge in [-0.3, -0.25) is 0 Å². The number of hydrogen-bond donors (Lipinski definition) is 1. The summed E-state index contributed by atoms with van der Waals surface area (Å²) in [6.07, 6.45) is 1.14. The van der Waals surface area contributed by atoms with Gasteiger partial charge in [-0.25, -0.2) is 0 Å². The van der Waals surface area contributed by atoms with Crippen LogP contribution in [0, 0.1) is 0 Å². The maximum Gasteiger partial charge on any atom is 0.0694 e. The fourth-order valence-corrected chi connectivity index (χ4v) is 2.86. The van der Waals surface area contributed by atoms with Gasteiger partial charge in [-0.2, -0.15) is 0 Å². The van der Waals surface area contributed by atoms with E-state index in [1.54, 1.807) is 0 Å². The van der Waals surface area contributed by atoms with Gasteiger partial charge in [0.05, 0.1) is 18.8 Å². The van der Waals surface area contributed by atoms with Crippen LogP contribution in [0.4, 0.5) is 5.69 Å². The molecule has 0 amide bonds. The third-order valence-corrected chi connectivity index (χ3v) is 3.95. The van der Waals surface area contributed by atoms with Crippen molar-refractivity contribution < 1.29 is 4.74 Å². The van der Waals surface area contributed by atoms with Crippen LogP contribution in [0.1, 0.15) is 32.8 Å². The summed E-state index contributed by atoms with van der Waals surface area (Å²) in [6.45, 7) is 11.0. The van der Waals surface area contributed by atoms with Gasteiger partial charge in [0.15, 0.2) is 0 Å². The third kappa shape index (κ3) is 3.66. The van der Waals surface area contributed by atoms with E-state index in [0.717, 1.165) is 44.3 Å². The number of benzene rings is 1. The van der Waals surface area contributed by atoms with Crippen LogP contribution in [0.25, 0.3) is 0 Å². The van der Waals surface area contributed by atoms with Gasteiger partial charge < -0.3 is 15.0 Å². The zero-order valence-corrected chi connectivity index (χ0v) is 13.5. The summed E-state index contributed by atoms with van der Waals surface area (Å²) >= 11 is 6.17. The highest BCUT2D eigenvalue weighted by molar-refractivity contribution is 6.30. The van der Waals surface area contributed by atoms with Crippen molar-refractivity contribution in [3.63, 3.8) is 0 Å². The van der Waals surface area contributed by atoms with Gasteiger partial charge in [-0.15, -0.1) is 0 Å². The van der Waals surface area contributed by atoms with Crippen molar-refractivity contribution in [2.75, 3.05) is 31.2 Å². The van der Waals surface area contributed by atoms with E-state index in [1.165, 1.54) is 11.3 Å². The summed E-state index contributed by atoms with van der Waals surface area (Å²) in [6, 6.07) is 6.19. The lowest BCUT2D eigenvalue weighted by Crippen LogP contribution is -2.53. The summed E-state index contributed by atoms with van der Waals surface area (Å²) in [4.78, 5) is 2.44. The molecule has 4 heteroatoms. The molecule has 1 heterocycles. The van der Waals surface area contributed by atoms with Crippen molar-refractivity contribution in [2.45, 2.75) is 39.3 Å². The van der Waals surface area contributed by atoms with Gasteiger partial charge >= 0.3 is 0 Å². The largest absolute Gasteiger partial charge is 0.377 e. The summed E-state index contributed by atoms with van der Waals surface area (Å²) in [5.41, 5.74) is 2.55. The molecule has 1 aromatic carbocycles. The predicted octanol–water partition coefficient (Wildman–Crippen LogP) is 3.45. The lowest BCUT2D eigenvalue weighted by atomic mass is 9.99. The lowest BCUT2D eigenvalue weighted by Gasteiger charge is -2.44. The van der Waals surface area contributed by atoms with Crippen molar-refractivity contribution in [1.82, 2.24) is 5.32 Å². The molecule has 1 aliphatic heterocycles. The first kappa shape index (κ1) is 15.6. The zero-order valence-electron chi connectivity index (χ0n) is 12.7. The maximum absolute atomic E-state index is 6.17. The highest BCUT2D eigenvalue weighted by Crippen LogP contribution is 2.31. The summed E-state index contributed by atoms with van der Waals surface area (Å²) < 4.78 is 5.62. The topological polar surface area (TPSA) is 24.5 Å². The number of halogens is 1. The molecule has 0 atom stereocenters. The van der Waals surface area contributed by atoms with E-state index >= 15 is 0 Å². The number of rotatable bonds is 5. The van der Waals surface area contributed by atoms with Gasteiger partial charge in [0, 0.05) is 23.8 Å². The first-order chi connectivity index (χ1) is 9.54. The van der Waals surface area contributed by atoms with Gasteiger partial charge in [0.2, 0.25) is 0 Å². The second-order valence-electron chi connectivity index (χ2n) is 5.97. The van der Waals surface area contributed by atoms with Crippen LogP contribution >= 0.6 is 11.6 Å². The van der Waals surface area contributed by atoms with Gasteiger partial charge in [-0.05, 0) is 50.6 Å². The van der Waals surface area contributed by atoms with Crippen LogP contribution in [-0.4, -0.2) is 31.8 Å². The standard InChI is InChI=1S/C16H25ClN2O/c1-4-7-18-11-13-10-14(17)5-6-15(13)19-8-9-20-12-16(19,2)3/h5-6,10,18H,4,7-9,11-12H2,1-3H3. The minimum absolute atomic E-state index is 0.0194. The highest BCUT2D eigenvalue weighted by atomic mass is 35.5. The minimum Gasteiger partial charge on any atom is -0.377 e. The monoisotopic (exact) mass is 296 g/mol. The molecule has 0 spiro atoms. The first-order valence-electron chi connectivity index (χ1n) is 7.39. The summed E-state index contributed by atoms with van der Waals surface area (Å²) in [5, 5.41) is 4.27. The van der Waals surface area contributed by atoms with E-state index in [2.05, 4.69) is 43.1 Å². The highest BCUT2D eigenvalue weighted by Gasteiger charge is 2.31. The molecule has 1 N–H and O–H groups in total. The average molecular weight is 297 g/mol.